The van der Waals surface area contributed by atoms with Gasteiger partial charge in [-0.1, -0.05) is 24.3 Å². The van der Waals surface area contributed by atoms with Crippen LogP contribution < -0.4 is 4.74 Å². The number of ether oxygens (including phenoxy) is 1. The molecule has 0 aliphatic heterocycles. The number of hydrogen-bond donors (Lipinski definition) is 0. The topological polar surface area (TPSA) is 27.1 Å². The third-order valence-corrected chi connectivity index (χ3v) is 3.58. The van der Waals surface area contributed by atoms with E-state index in [1.54, 1.807) is 0 Å². The number of hydrogen-bond acceptors (Lipinski definition) is 2. The molecule has 0 unspecified atom stereocenters. The number of imidazole rings is 1. The average Bonchev–Trinajstić information content (AvgIpc) is 2.90. The summed E-state index contributed by atoms with van der Waals surface area (Å²) < 4.78 is 7.98. The van der Waals surface area contributed by atoms with Crippen molar-refractivity contribution in [3.63, 3.8) is 0 Å². The highest BCUT2D eigenvalue weighted by Crippen LogP contribution is 2.14. The lowest BCUT2D eigenvalue weighted by atomic mass is 10.2. The molecular formula is C18H21ClN2O. The first kappa shape index (κ1) is 16.4. The van der Waals surface area contributed by atoms with Crippen LogP contribution in [0.25, 0.3) is 11.0 Å². The Morgan fingerprint density at radius 3 is 2.77 bits per heavy atom. The Bertz CT molecular complexity index is 724. The van der Waals surface area contributed by atoms with Crippen LogP contribution in [0.1, 0.15) is 18.4 Å². The molecule has 0 spiro atoms. The second-order valence-electron chi connectivity index (χ2n) is 5.30. The Balaban J connectivity index is 0.00000176. The normalized spacial score (nSPS) is 10.4. The maximum atomic E-state index is 5.77. The van der Waals surface area contributed by atoms with Crippen molar-refractivity contribution in [2.24, 2.45) is 0 Å². The number of benzene rings is 2. The molecule has 3 rings (SSSR count). The van der Waals surface area contributed by atoms with E-state index in [-0.39, 0.29) is 12.4 Å². The number of para-hydroxylation sites is 2. The van der Waals surface area contributed by atoms with Gasteiger partial charge in [0, 0.05) is 6.54 Å². The molecular weight excluding hydrogens is 296 g/mol. The minimum absolute atomic E-state index is 0. The van der Waals surface area contributed by atoms with Crippen LogP contribution in [0.4, 0.5) is 0 Å². The fraction of sp³-hybridized carbons (Fsp3) is 0.278. The highest BCUT2D eigenvalue weighted by Gasteiger charge is 2.01. The van der Waals surface area contributed by atoms with E-state index in [0.717, 1.165) is 37.3 Å². The van der Waals surface area contributed by atoms with Crippen molar-refractivity contribution >= 4 is 23.4 Å². The Kier molecular flexibility index (Phi) is 5.84. The van der Waals surface area contributed by atoms with Crippen LogP contribution in [0.15, 0.2) is 54.9 Å². The molecule has 22 heavy (non-hydrogen) atoms. The zero-order chi connectivity index (χ0) is 14.5. The summed E-state index contributed by atoms with van der Waals surface area (Å²) in [6, 6.07) is 16.4. The van der Waals surface area contributed by atoms with Crippen molar-refractivity contribution < 1.29 is 4.74 Å². The Morgan fingerprint density at radius 2 is 1.91 bits per heavy atom. The first-order valence-corrected chi connectivity index (χ1v) is 7.42. The Labute approximate surface area is 137 Å². The molecule has 0 radical (unpaired) electrons. The van der Waals surface area contributed by atoms with E-state index in [4.69, 9.17) is 4.74 Å². The molecule has 1 heterocycles. The fourth-order valence-corrected chi connectivity index (χ4v) is 2.47. The minimum atomic E-state index is 0. The second kappa shape index (κ2) is 7.85. The summed E-state index contributed by atoms with van der Waals surface area (Å²) in [4.78, 5) is 4.41. The van der Waals surface area contributed by atoms with Crippen molar-refractivity contribution in [3.8, 4) is 5.75 Å². The molecule has 4 heteroatoms. The van der Waals surface area contributed by atoms with Gasteiger partial charge < -0.3 is 9.30 Å². The standard InChI is InChI=1S/C18H20N2O.ClH/c1-15-7-6-8-16(13-15)21-12-5-4-11-20-14-19-17-9-2-3-10-18(17)20;/h2-3,6-10,13-14H,4-5,11-12H2,1H3;1H. The number of unbranched alkanes of at least 4 members (excludes halogenated alkanes) is 1. The molecule has 0 fully saturated rings. The molecule has 0 N–H and O–H groups in total. The largest absolute Gasteiger partial charge is 0.494 e. The quantitative estimate of drug-likeness (QED) is 0.620. The van der Waals surface area contributed by atoms with Gasteiger partial charge in [-0.15, -0.1) is 12.4 Å². The first-order valence-electron chi connectivity index (χ1n) is 7.42. The number of rotatable bonds is 6. The van der Waals surface area contributed by atoms with Crippen LogP contribution in [0.2, 0.25) is 0 Å². The smallest absolute Gasteiger partial charge is 0.119 e. The minimum Gasteiger partial charge on any atom is -0.494 e. The number of halogens is 1. The van der Waals surface area contributed by atoms with Crippen LogP contribution >= 0.6 is 12.4 Å². The third-order valence-electron chi connectivity index (χ3n) is 3.58. The third kappa shape index (κ3) is 4.01. The number of fused-ring (bicyclic) bond motifs is 1. The van der Waals surface area contributed by atoms with Gasteiger partial charge in [0.2, 0.25) is 0 Å². The van der Waals surface area contributed by atoms with Gasteiger partial charge in [0.1, 0.15) is 5.75 Å². The highest BCUT2D eigenvalue weighted by atomic mass is 35.5. The summed E-state index contributed by atoms with van der Waals surface area (Å²) in [7, 11) is 0. The molecule has 0 aliphatic carbocycles. The number of nitrogens with zero attached hydrogens (tertiary/aromatic N) is 2. The van der Waals surface area contributed by atoms with Crippen molar-refractivity contribution in [2.45, 2.75) is 26.3 Å². The summed E-state index contributed by atoms with van der Waals surface area (Å²) in [6.45, 7) is 3.82. The molecule has 0 amide bonds. The van der Waals surface area contributed by atoms with Gasteiger partial charge >= 0.3 is 0 Å². The molecule has 2 aromatic carbocycles. The molecule has 3 nitrogen and oxygen atoms in total. The first-order chi connectivity index (χ1) is 10.3. The van der Waals surface area contributed by atoms with Crippen molar-refractivity contribution in [1.82, 2.24) is 9.55 Å². The molecule has 3 aromatic rings. The monoisotopic (exact) mass is 316 g/mol. The Morgan fingerprint density at radius 1 is 1.05 bits per heavy atom. The molecule has 0 aliphatic rings. The second-order valence-corrected chi connectivity index (χ2v) is 5.30. The lowest BCUT2D eigenvalue weighted by molar-refractivity contribution is 0.303. The van der Waals surface area contributed by atoms with Crippen LogP contribution in [-0.4, -0.2) is 16.2 Å². The maximum Gasteiger partial charge on any atom is 0.119 e. The molecule has 1 aromatic heterocycles. The summed E-state index contributed by atoms with van der Waals surface area (Å²) in [5.41, 5.74) is 3.50. The molecule has 0 saturated heterocycles. The van der Waals surface area contributed by atoms with E-state index in [9.17, 15) is 0 Å². The van der Waals surface area contributed by atoms with E-state index in [0.29, 0.717) is 0 Å². The van der Waals surface area contributed by atoms with Gasteiger partial charge in [-0.05, 0) is 49.6 Å². The van der Waals surface area contributed by atoms with E-state index in [1.807, 2.05) is 30.6 Å². The summed E-state index contributed by atoms with van der Waals surface area (Å²) in [6.07, 6.45) is 4.05. The Hall–Kier alpha value is -2.00. The van der Waals surface area contributed by atoms with Gasteiger partial charge in [0.05, 0.1) is 24.0 Å². The molecule has 0 bridgehead atoms. The van der Waals surface area contributed by atoms with Gasteiger partial charge in [-0.25, -0.2) is 4.98 Å². The van der Waals surface area contributed by atoms with Gasteiger partial charge in [-0.3, -0.25) is 0 Å². The van der Waals surface area contributed by atoms with Gasteiger partial charge in [0.15, 0.2) is 0 Å². The molecule has 116 valence electrons. The van der Waals surface area contributed by atoms with Gasteiger partial charge in [-0.2, -0.15) is 0 Å². The van der Waals surface area contributed by atoms with Crippen LogP contribution in [0, 0.1) is 6.92 Å². The molecule has 0 atom stereocenters. The van der Waals surface area contributed by atoms with Crippen molar-refractivity contribution in [1.29, 1.82) is 0 Å². The van der Waals surface area contributed by atoms with Crippen LogP contribution in [0.3, 0.4) is 0 Å². The summed E-state index contributed by atoms with van der Waals surface area (Å²) in [5.74, 6) is 0.961. The number of aromatic nitrogens is 2. The van der Waals surface area contributed by atoms with Gasteiger partial charge in [0.25, 0.3) is 0 Å². The zero-order valence-electron chi connectivity index (χ0n) is 12.7. The van der Waals surface area contributed by atoms with E-state index in [1.165, 1.54) is 11.1 Å². The lowest BCUT2D eigenvalue weighted by Crippen LogP contribution is -2.01. The van der Waals surface area contributed by atoms with Crippen molar-refractivity contribution in [3.05, 3.63) is 60.4 Å². The lowest BCUT2D eigenvalue weighted by Gasteiger charge is -2.07. The van der Waals surface area contributed by atoms with Crippen molar-refractivity contribution in [2.75, 3.05) is 6.61 Å². The van der Waals surface area contributed by atoms with E-state index in [2.05, 4.69) is 40.7 Å². The fourth-order valence-electron chi connectivity index (χ4n) is 2.47. The highest BCUT2D eigenvalue weighted by molar-refractivity contribution is 5.85. The summed E-state index contributed by atoms with van der Waals surface area (Å²) in [5, 5.41) is 0. The molecule has 0 saturated carbocycles. The van der Waals surface area contributed by atoms with E-state index < -0.39 is 0 Å². The predicted molar refractivity (Wildman–Crippen MR) is 92.9 cm³/mol. The van der Waals surface area contributed by atoms with Crippen LogP contribution in [0.5, 0.6) is 5.75 Å². The zero-order valence-corrected chi connectivity index (χ0v) is 13.6. The number of aryl methyl sites for hydroxylation is 2. The SMILES string of the molecule is Cc1cccc(OCCCCn2cnc3ccccc32)c1.Cl. The summed E-state index contributed by atoms with van der Waals surface area (Å²) >= 11 is 0. The maximum absolute atomic E-state index is 5.77. The van der Waals surface area contributed by atoms with E-state index >= 15 is 0 Å². The average molecular weight is 317 g/mol. The predicted octanol–water partition coefficient (Wildman–Crippen LogP) is 4.63. The van der Waals surface area contributed by atoms with Crippen LogP contribution in [-0.2, 0) is 6.54 Å².